The van der Waals surface area contributed by atoms with Gasteiger partial charge in [0.25, 0.3) is 0 Å². The Morgan fingerprint density at radius 1 is 0.947 bits per heavy atom. The summed E-state index contributed by atoms with van der Waals surface area (Å²) in [7, 11) is 0. The Morgan fingerprint density at radius 2 is 1.42 bits per heavy atom. The van der Waals surface area contributed by atoms with Gasteiger partial charge in [-0.1, -0.05) is 65.8 Å². The standard InChI is InChI=1S/C18H29N/c1-13(2)11-14-7-9-15(10-8-14)12-19-16-17(3,4)18(16,5)6/h7-10,13,16,19H,11-12H2,1-6H3. The highest BCUT2D eigenvalue weighted by molar-refractivity contribution is 5.24. The number of hydrogen-bond acceptors (Lipinski definition) is 1. The summed E-state index contributed by atoms with van der Waals surface area (Å²) in [5, 5.41) is 3.71. The lowest BCUT2D eigenvalue weighted by molar-refractivity contribution is 0.457. The van der Waals surface area contributed by atoms with Gasteiger partial charge in [0.2, 0.25) is 0 Å². The Balaban J connectivity index is 1.88. The van der Waals surface area contributed by atoms with Crippen molar-refractivity contribution < 1.29 is 0 Å². The first-order chi connectivity index (χ1) is 8.75. The molecule has 106 valence electrons. The van der Waals surface area contributed by atoms with Crippen molar-refractivity contribution in [3.8, 4) is 0 Å². The van der Waals surface area contributed by atoms with Gasteiger partial charge in [0.15, 0.2) is 0 Å². The van der Waals surface area contributed by atoms with Gasteiger partial charge in [-0.15, -0.1) is 0 Å². The lowest BCUT2D eigenvalue weighted by Crippen LogP contribution is -2.21. The molecule has 1 aromatic rings. The van der Waals surface area contributed by atoms with Crippen LogP contribution in [0.1, 0.15) is 52.7 Å². The summed E-state index contributed by atoms with van der Waals surface area (Å²) < 4.78 is 0. The van der Waals surface area contributed by atoms with Crippen LogP contribution in [0.15, 0.2) is 24.3 Å². The first kappa shape index (κ1) is 14.6. The molecule has 0 spiro atoms. The molecule has 1 N–H and O–H groups in total. The van der Waals surface area contributed by atoms with Crippen LogP contribution < -0.4 is 5.32 Å². The zero-order valence-corrected chi connectivity index (χ0v) is 13.4. The molecular formula is C18H29N. The number of benzene rings is 1. The molecule has 0 bridgehead atoms. The Labute approximate surface area is 118 Å². The normalized spacial score (nSPS) is 20.8. The fourth-order valence-corrected chi connectivity index (χ4v) is 3.19. The molecule has 1 heteroatoms. The van der Waals surface area contributed by atoms with E-state index in [2.05, 4.69) is 71.1 Å². The topological polar surface area (TPSA) is 12.0 Å². The molecule has 0 aliphatic heterocycles. The van der Waals surface area contributed by atoms with Crippen LogP contribution >= 0.6 is 0 Å². The molecule has 1 fully saturated rings. The quantitative estimate of drug-likeness (QED) is 0.826. The number of hydrogen-bond donors (Lipinski definition) is 1. The molecule has 0 saturated heterocycles. The second-order valence-corrected chi connectivity index (χ2v) is 7.67. The Kier molecular flexibility index (Phi) is 3.79. The summed E-state index contributed by atoms with van der Waals surface area (Å²) in [5.41, 5.74) is 3.69. The van der Waals surface area contributed by atoms with Gasteiger partial charge in [-0.2, -0.15) is 0 Å². The zero-order valence-electron chi connectivity index (χ0n) is 13.4. The fourth-order valence-electron chi connectivity index (χ4n) is 3.19. The molecule has 0 unspecified atom stereocenters. The summed E-state index contributed by atoms with van der Waals surface area (Å²) in [6.45, 7) is 15.0. The largest absolute Gasteiger partial charge is 0.309 e. The molecule has 1 nitrogen and oxygen atoms in total. The van der Waals surface area contributed by atoms with Crippen LogP contribution in [-0.4, -0.2) is 6.04 Å². The van der Waals surface area contributed by atoms with Gasteiger partial charge < -0.3 is 5.32 Å². The molecule has 0 aromatic heterocycles. The second kappa shape index (κ2) is 4.94. The summed E-state index contributed by atoms with van der Waals surface area (Å²) in [5.74, 6) is 0.733. The number of rotatable bonds is 5. The molecular weight excluding hydrogens is 230 g/mol. The van der Waals surface area contributed by atoms with E-state index in [1.165, 1.54) is 17.5 Å². The maximum absolute atomic E-state index is 3.71. The van der Waals surface area contributed by atoms with Crippen molar-refractivity contribution in [3.05, 3.63) is 35.4 Å². The minimum Gasteiger partial charge on any atom is -0.309 e. The highest BCUT2D eigenvalue weighted by atomic mass is 15.0. The summed E-state index contributed by atoms with van der Waals surface area (Å²) >= 11 is 0. The van der Waals surface area contributed by atoms with Crippen LogP contribution in [0, 0.1) is 16.7 Å². The van der Waals surface area contributed by atoms with E-state index < -0.39 is 0 Å². The van der Waals surface area contributed by atoms with Crippen molar-refractivity contribution in [2.45, 2.75) is 60.5 Å². The van der Waals surface area contributed by atoms with Gasteiger partial charge >= 0.3 is 0 Å². The maximum atomic E-state index is 3.71. The average molecular weight is 259 g/mol. The van der Waals surface area contributed by atoms with Crippen molar-refractivity contribution in [2.75, 3.05) is 0 Å². The van der Waals surface area contributed by atoms with Crippen molar-refractivity contribution in [1.82, 2.24) is 5.32 Å². The predicted molar refractivity (Wildman–Crippen MR) is 83.2 cm³/mol. The summed E-state index contributed by atoms with van der Waals surface area (Å²) in [6.07, 6.45) is 1.18. The van der Waals surface area contributed by atoms with Crippen LogP contribution in [-0.2, 0) is 13.0 Å². The van der Waals surface area contributed by atoms with Gasteiger partial charge in [-0.05, 0) is 34.3 Å². The van der Waals surface area contributed by atoms with E-state index in [9.17, 15) is 0 Å². The van der Waals surface area contributed by atoms with E-state index in [0.29, 0.717) is 16.9 Å². The molecule has 0 atom stereocenters. The van der Waals surface area contributed by atoms with Crippen molar-refractivity contribution in [1.29, 1.82) is 0 Å². The van der Waals surface area contributed by atoms with E-state index in [0.717, 1.165) is 12.5 Å². The highest BCUT2D eigenvalue weighted by Crippen LogP contribution is 2.62. The molecule has 2 rings (SSSR count). The summed E-state index contributed by atoms with van der Waals surface area (Å²) in [6, 6.07) is 9.73. The van der Waals surface area contributed by atoms with E-state index in [1.807, 2.05) is 0 Å². The molecule has 0 amide bonds. The smallest absolute Gasteiger partial charge is 0.0208 e. The van der Waals surface area contributed by atoms with Crippen molar-refractivity contribution in [2.24, 2.45) is 16.7 Å². The van der Waals surface area contributed by atoms with Crippen LogP contribution in [0.2, 0.25) is 0 Å². The van der Waals surface area contributed by atoms with Gasteiger partial charge in [0, 0.05) is 12.6 Å². The average Bonchev–Trinajstić information content (AvgIpc) is 2.68. The predicted octanol–water partition coefficient (Wildman–Crippen LogP) is 4.41. The van der Waals surface area contributed by atoms with Crippen LogP contribution in [0.3, 0.4) is 0 Å². The molecule has 0 heterocycles. The SMILES string of the molecule is CC(C)Cc1ccc(CNC2C(C)(C)C2(C)C)cc1. The van der Waals surface area contributed by atoms with Gasteiger partial charge in [-0.3, -0.25) is 0 Å². The minimum atomic E-state index is 0.421. The Morgan fingerprint density at radius 3 is 1.84 bits per heavy atom. The third-order valence-electron chi connectivity index (χ3n) is 5.20. The number of nitrogens with one attached hydrogen (secondary N) is 1. The molecule has 0 radical (unpaired) electrons. The third kappa shape index (κ3) is 2.86. The molecule has 1 aliphatic carbocycles. The first-order valence-corrected chi connectivity index (χ1v) is 7.56. The van der Waals surface area contributed by atoms with E-state index in [-0.39, 0.29) is 0 Å². The van der Waals surface area contributed by atoms with Crippen LogP contribution in [0.25, 0.3) is 0 Å². The lowest BCUT2D eigenvalue weighted by Gasteiger charge is -2.09. The van der Waals surface area contributed by atoms with Crippen LogP contribution in [0.4, 0.5) is 0 Å². The Bertz CT molecular complexity index is 412. The van der Waals surface area contributed by atoms with Crippen molar-refractivity contribution in [3.63, 3.8) is 0 Å². The Hall–Kier alpha value is -0.820. The van der Waals surface area contributed by atoms with Gasteiger partial charge in [0.05, 0.1) is 0 Å². The summed E-state index contributed by atoms with van der Waals surface area (Å²) in [4.78, 5) is 0. The monoisotopic (exact) mass is 259 g/mol. The fraction of sp³-hybridized carbons (Fsp3) is 0.667. The minimum absolute atomic E-state index is 0.421. The van der Waals surface area contributed by atoms with E-state index in [1.54, 1.807) is 0 Å². The van der Waals surface area contributed by atoms with Crippen LogP contribution in [0.5, 0.6) is 0 Å². The van der Waals surface area contributed by atoms with Crippen molar-refractivity contribution >= 4 is 0 Å². The third-order valence-corrected chi connectivity index (χ3v) is 5.20. The van der Waals surface area contributed by atoms with E-state index in [4.69, 9.17) is 0 Å². The maximum Gasteiger partial charge on any atom is 0.0208 e. The molecule has 1 aliphatic rings. The van der Waals surface area contributed by atoms with Gasteiger partial charge in [0.1, 0.15) is 0 Å². The zero-order chi connectivity index (χ0) is 14.3. The van der Waals surface area contributed by atoms with E-state index >= 15 is 0 Å². The second-order valence-electron chi connectivity index (χ2n) is 7.67. The molecule has 1 saturated carbocycles. The highest BCUT2D eigenvalue weighted by Gasteiger charge is 2.64. The molecule has 1 aromatic carbocycles. The lowest BCUT2D eigenvalue weighted by atomic mass is 10.0. The molecule has 19 heavy (non-hydrogen) atoms. The first-order valence-electron chi connectivity index (χ1n) is 7.56. The van der Waals surface area contributed by atoms with Gasteiger partial charge in [-0.25, -0.2) is 0 Å².